The number of anilines is 2. The second kappa shape index (κ2) is 3.84. The Kier molecular flexibility index (Phi) is 2.52. The number of rotatable bonds is 1. The van der Waals surface area contributed by atoms with Gasteiger partial charge in [-0.3, -0.25) is 9.69 Å². The summed E-state index contributed by atoms with van der Waals surface area (Å²) in [6, 6.07) is 5.36. The summed E-state index contributed by atoms with van der Waals surface area (Å²) >= 11 is 0. The van der Waals surface area contributed by atoms with Crippen LogP contribution >= 0.6 is 0 Å². The third kappa shape index (κ3) is 1.71. The number of nitrogens with one attached hydrogen (secondary N) is 1. The lowest BCUT2D eigenvalue weighted by Gasteiger charge is -2.16. The molecule has 0 bridgehead atoms. The van der Waals surface area contributed by atoms with Crippen molar-refractivity contribution in [3.8, 4) is 0 Å². The van der Waals surface area contributed by atoms with Crippen LogP contribution in [0, 0.1) is 0 Å². The molecule has 0 radical (unpaired) electrons. The minimum atomic E-state index is -0.433. The quantitative estimate of drug-likeness (QED) is 0.777. The van der Waals surface area contributed by atoms with E-state index in [1.807, 2.05) is 6.07 Å². The molecule has 1 aromatic carbocycles. The van der Waals surface area contributed by atoms with Crippen LogP contribution in [-0.4, -0.2) is 26.2 Å². The lowest BCUT2D eigenvalue weighted by molar-refractivity contribution is -0.115. The first-order valence-corrected chi connectivity index (χ1v) is 4.86. The molecule has 0 aromatic heterocycles. The van der Waals surface area contributed by atoms with Crippen molar-refractivity contribution in [2.45, 2.75) is 6.42 Å². The van der Waals surface area contributed by atoms with Gasteiger partial charge in [-0.25, -0.2) is 4.79 Å². The normalized spacial score (nSPS) is 13.0. The van der Waals surface area contributed by atoms with Gasteiger partial charge in [0.2, 0.25) is 5.91 Å². The van der Waals surface area contributed by atoms with Crippen LogP contribution in [0.15, 0.2) is 18.2 Å². The molecule has 1 N–H and O–H groups in total. The molecule has 0 fully saturated rings. The van der Waals surface area contributed by atoms with Crippen molar-refractivity contribution in [1.29, 1.82) is 0 Å². The van der Waals surface area contributed by atoms with Gasteiger partial charge in [0, 0.05) is 18.4 Å². The number of hydrogen-bond acceptors (Lipinski definition) is 3. The van der Waals surface area contributed by atoms with Crippen LogP contribution < -0.4 is 10.2 Å². The van der Waals surface area contributed by atoms with Gasteiger partial charge in [-0.15, -0.1) is 0 Å². The molecular formula is C11H12N2O3. The molecular weight excluding hydrogens is 208 g/mol. The molecule has 1 heterocycles. The average Bonchev–Trinajstić information content (AvgIpc) is 2.65. The van der Waals surface area contributed by atoms with E-state index in [0.717, 1.165) is 11.3 Å². The van der Waals surface area contributed by atoms with Crippen LogP contribution in [0.25, 0.3) is 0 Å². The molecule has 2 rings (SSSR count). The van der Waals surface area contributed by atoms with E-state index in [0.29, 0.717) is 12.1 Å². The van der Waals surface area contributed by atoms with Gasteiger partial charge in [0.1, 0.15) is 0 Å². The van der Waals surface area contributed by atoms with E-state index in [2.05, 4.69) is 10.1 Å². The highest BCUT2D eigenvalue weighted by atomic mass is 16.5. The molecule has 0 unspecified atom stereocenters. The Morgan fingerprint density at radius 2 is 2.25 bits per heavy atom. The maximum Gasteiger partial charge on any atom is 0.413 e. The summed E-state index contributed by atoms with van der Waals surface area (Å²) in [4.78, 5) is 23.8. The predicted octanol–water partition coefficient (Wildman–Crippen LogP) is 1.38. The highest BCUT2D eigenvalue weighted by Crippen LogP contribution is 2.27. The van der Waals surface area contributed by atoms with Crippen molar-refractivity contribution < 1.29 is 14.3 Å². The average molecular weight is 220 g/mol. The van der Waals surface area contributed by atoms with Crippen LogP contribution in [-0.2, 0) is 16.0 Å². The van der Waals surface area contributed by atoms with Crippen molar-refractivity contribution in [3.05, 3.63) is 23.8 Å². The van der Waals surface area contributed by atoms with Gasteiger partial charge >= 0.3 is 6.09 Å². The standard InChI is InChI=1S/C11H12N2O3/c1-13(11(15)16-2)8-3-4-9-7(5-8)6-10(14)12-9/h3-5H,6H2,1-2H3,(H,12,14). The number of hydrogen-bond donors (Lipinski definition) is 1. The summed E-state index contributed by atoms with van der Waals surface area (Å²) in [5, 5.41) is 2.73. The van der Waals surface area contributed by atoms with Crippen molar-refractivity contribution in [3.63, 3.8) is 0 Å². The van der Waals surface area contributed by atoms with Crippen LogP contribution in [0.4, 0.5) is 16.2 Å². The second-order valence-corrected chi connectivity index (χ2v) is 3.60. The molecule has 0 spiro atoms. The third-order valence-corrected chi connectivity index (χ3v) is 2.55. The lowest BCUT2D eigenvalue weighted by Crippen LogP contribution is -2.25. The van der Waals surface area contributed by atoms with Gasteiger partial charge in [0.15, 0.2) is 0 Å². The third-order valence-electron chi connectivity index (χ3n) is 2.55. The molecule has 1 aromatic rings. The first-order valence-electron chi connectivity index (χ1n) is 4.86. The van der Waals surface area contributed by atoms with E-state index in [-0.39, 0.29) is 5.91 Å². The largest absolute Gasteiger partial charge is 0.452 e. The van der Waals surface area contributed by atoms with E-state index in [4.69, 9.17) is 0 Å². The molecule has 2 amide bonds. The monoisotopic (exact) mass is 220 g/mol. The van der Waals surface area contributed by atoms with Crippen molar-refractivity contribution in [2.24, 2.45) is 0 Å². The maximum atomic E-state index is 11.3. The first-order chi connectivity index (χ1) is 7.61. The zero-order chi connectivity index (χ0) is 11.7. The smallest absolute Gasteiger partial charge is 0.413 e. The van der Waals surface area contributed by atoms with E-state index in [1.54, 1.807) is 19.2 Å². The molecule has 1 aliphatic rings. The number of ether oxygens (including phenoxy) is 1. The molecule has 84 valence electrons. The molecule has 0 saturated heterocycles. The Bertz CT molecular complexity index is 457. The van der Waals surface area contributed by atoms with Gasteiger partial charge < -0.3 is 10.1 Å². The molecule has 0 atom stereocenters. The molecule has 16 heavy (non-hydrogen) atoms. The van der Waals surface area contributed by atoms with Crippen molar-refractivity contribution in [1.82, 2.24) is 0 Å². The number of carbonyl (C=O) groups excluding carboxylic acids is 2. The summed E-state index contributed by atoms with van der Waals surface area (Å²) in [6.07, 6.45) is -0.0738. The van der Waals surface area contributed by atoms with E-state index in [1.165, 1.54) is 12.0 Å². The summed E-state index contributed by atoms with van der Waals surface area (Å²) in [6.45, 7) is 0. The summed E-state index contributed by atoms with van der Waals surface area (Å²) < 4.78 is 4.61. The highest BCUT2D eigenvalue weighted by Gasteiger charge is 2.19. The number of benzene rings is 1. The summed E-state index contributed by atoms with van der Waals surface area (Å²) in [5.74, 6) is -0.0205. The van der Waals surface area contributed by atoms with E-state index >= 15 is 0 Å². The van der Waals surface area contributed by atoms with Gasteiger partial charge in [-0.1, -0.05) is 0 Å². The fraction of sp³-hybridized carbons (Fsp3) is 0.273. The lowest BCUT2D eigenvalue weighted by atomic mass is 10.1. The van der Waals surface area contributed by atoms with Gasteiger partial charge in [-0.05, 0) is 23.8 Å². The maximum absolute atomic E-state index is 11.3. The molecule has 0 saturated carbocycles. The number of methoxy groups -OCH3 is 1. The topological polar surface area (TPSA) is 58.6 Å². The number of amides is 2. The Morgan fingerprint density at radius 3 is 2.94 bits per heavy atom. The van der Waals surface area contributed by atoms with Gasteiger partial charge in [0.25, 0.3) is 0 Å². The van der Waals surface area contributed by atoms with Crippen LogP contribution in [0.1, 0.15) is 5.56 Å². The molecule has 1 aliphatic heterocycles. The Hall–Kier alpha value is -2.04. The number of nitrogens with zero attached hydrogens (tertiary/aromatic N) is 1. The number of fused-ring (bicyclic) bond motifs is 1. The highest BCUT2D eigenvalue weighted by molar-refractivity contribution is 6.00. The predicted molar refractivity (Wildman–Crippen MR) is 59.6 cm³/mol. The minimum Gasteiger partial charge on any atom is -0.452 e. The van der Waals surface area contributed by atoms with Crippen LogP contribution in [0.5, 0.6) is 0 Å². The van der Waals surface area contributed by atoms with Gasteiger partial charge in [-0.2, -0.15) is 0 Å². The van der Waals surface area contributed by atoms with Crippen molar-refractivity contribution >= 4 is 23.4 Å². The Balaban J connectivity index is 2.29. The fourth-order valence-electron chi connectivity index (χ4n) is 1.67. The summed E-state index contributed by atoms with van der Waals surface area (Å²) in [7, 11) is 2.95. The second-order valence-electron chi connectivity index (χ2n) is 3.60. The zero-order valence-electron chi connectivity index (χ0n) is 9.11. The Labute approximate surface area is 93.0 Å². The van der Waals surface area contributed by atoms with Crippen LogP contribution in [0.2, 0.25) is 0 Å². The Morgan fingerprint density at radius 1 is 1.50 bits per heavy atom. The van der Waals surface area contributed by atoms with Crippen LogP contribution in [0.3, 0.4) is 0 Å². The van der Waals surface area contributed by atoms with Crippen molar-refractivity contribution in [2.75, 3.05) is 24.4 Å². The fourth-order valence-corrected chi connectivity index (χ4v) is 1.67. The zero-order valence-corrected chi connectivity index (χ0v) is 9.11. The van der Waals surface area contributed by atoms with E-state index < -0.39 is 6.09 Å². The van der Waals surface area contributed by atoms with E-state index in [9.17, 15) is 9.59 Å². The minimum absolute atomic E-state index is 0.0205. The molecule has 5 heteroatoms. The summed E-state index contributed by atoms with van der Waals surface area (Å²) in [5.41, 5.74) is 2.42. The molecule has 0 aliphatic carbocycles. The molecule has 5 nitrogen and oxygen atoms in total. The van der Waals surface area contributed by atoms with Gasteiger partial charge in [0.05, 0.1) is 13.5 Å². The first kappa shape index (κ1) is 10.5. The number of carbonyl (C=O) groups is 2. The SMILES string of the molecule is COC(=O)N(C)c1ccc2c(c1)CC(=O)N2.